The maximum Gasteiger partial charge on any atom is 0.322 e. The summed E-state index contributed by atoms with van der Waals surface area (Å²) in [7, 11) is -3.61. The molecule has 0 aromatic carbocycles. The van der Waals surface area contributed by atoms with Gasteiger partial charge in [-0.1, -0.05) is 0 Å². The highest BCUT2D eigenvalue weighted by atomic mass is 32.2. The van der Waals surface area contributed by atoms with Crippen LogP contribution in [0, 0.1) is 0 Å². The minimum absolute atomic E-state index is 0.0480. The summed E-state index contributed by atoms with van der Waals surface area (Å²) < 4.78 is 24.4. The van der Waals surface area contributed by atoms with Crippen LogP contribution >= 0.6 is 0 Å². The number of nitrogens with one attached hydrogen (secondary N) is 2. The third kappa shape index (κ3) is 2.68. The Morgan fingerprint density at radius 1 is 1.00 bits per heavy atom. The van der Waals surface area contributed by atoms with Gasteiger partial charge in [-0.25, -0.2) is 13.1 Å². The predicted octanol–water partition coefficient (Wildman–Crippen LogP) is -1.13. The van der Waals surface area contributed by atoms with E-state index in [0.29, 0.717) is 12.8 Å². The summed E-state index contributed by atoms with van der Waals surface area (Å²) in [4.78, 5) is 22.3. The van der Waals surface area contributed by atoms with Gasteiger partial charge in [-0.2, -0.15) is 0 Å². The normalized spacial score (nSPS) is 20.8. The molecular weight excluding hydrogens is 220 g/mol. The highest BCUT2D eigenvalue weighted by Gasteiger charge is 2.38. The van der Waals surface area contributed by atoms with Gasteiger partial charge >= 0.3 is 11.8 Å². The van der Waals surface area contributed by atoms with Crippen LogP contribution in [0.5, 0.6) is 0 Å². The molecule has 2 amide bonds. The quantitative estimate of drug-likeness (QED) is 0.602. The van der Waals surface area contributed by atoms with Crippen molar-refractivity contribution in [2.45, 2.75) is 37.0 Å². The first-order chi connectivity index (χ1) is 6.99. The largest absolute Gasteiger partial charge is 0.345 e. The lowest BCUT2D eigenvalue weighted by atomic mass is 10.5. The Hall–Kier alpha value is -1.11. The van der Waals surface area contributed by atoms with Crippen molar-refractivity contribution in [2.24, 2.45) is 0 Å². The second-order valence-corrected chi connectivity index (χ2v) is 5.88. The van der Waals surface area contributed by atoms with Crippen LogP contribution in [-0.2, 0) is 19.6 Å². The van der Waals surface area contributed by atoms with Crippen LogP contribution in [0.3, 0.4) is 0 Å². The fourth-order valence-corrected chi connectivity index (χ4v) is 2.39. The lowest BCUT2D eigenvalue weighted by Crippen LogP contribution is -2.44. The van der Waals surface area contributed by atoms with Gasteiger partial charge in [0.05, 0.1) is 5.25 Å². The van der Waals surface area contributed by atoms with Crippen LogP contribution in [0.1, 0.15) is 25.7 Å². The van der Waals surface area contributed by atoms with Crippen LogP contribution in [0.4, 0.5) is 0 Å². The molecule has 0 aliphatic heterocycles. The smallest absolute Gasteiger partial charge is 0.322 e. The van der Waals surface area contributed by atoms with Crippen LogP contribution in [0.25, 0.3) is 0 Å². The second-order valence-electron chi connectivity index (χ2n) is 3.92. The number of amides is 2. The van der Waals surface area contributed by atoms with Crippen molar-refractivity contribution < 1.29 is 18.0 Å². The van der Waals surface area contributed by atoms with Crippen molar-refractivity contribution in [1.29, 1.82) is 0 Å². The van der Waals surface area contributed by atoms with Gasteiger partial charge in [-0.3, -0.25) is 9.59 Å². The molecular formula is C8H12N2O4S. The van der Waals surface area contributed by atoms with Gasteiger partial charge in [0, 0.05) is 6.04 Å². The molecule has 0 heterocycles. The molecule has 2 saturated carbocycles. The summed E-state index contributed by atoms with van der Waals surface area (Å²) in [6.45, 7) is 0. The first-order valence-electron chi connectivity index (χ1n) is 4.85. The average molecular weight is 232 g/mol. The Morgan fingerprint density at radius 2 is 1.60 bits per heavy atom. The molecule has 2 rings (SSSR count). The Balaban J connectivity index is 1.87. The zero-order chi connectivity index (χ0) is 11.1. The van der Waals surface area contributed by atoms with E-state index in [1.165, 1.54) is 0 Å². The topological polar surface area (TPSA) is 92.3 Å². The van der Waals surface area contributed by atoms with Crippen molar-refractivity contribution >= 4 is 21.8 Å². The minimum atomic E-state index is -3.61. The van der Waals surface area contributed by atoms with Gasteiger partial charge in [-0.05, 0) is 25.7 Å². The summed E-state index contributed by atoms with van der Waals surface area (Å²) in [5.41, 5.74) is 0. The third-order valence-corrected chi connectivity index (χ3v) is 4.14. The molecule has 0 aromatic rings. The van der Waals surface area contributed by atoms with Crippen molar-refractivity contribution in [1.82, 2.24) is 10.0 Å². The molecule has 2 fully saturated rings. The zero-order valence-corrected chi connectivity index (χ0v) is 8.84. The van der Waals surface area contributed by atoms with Crippen molar-refractivity contribution in [3.05, 3.63) is 0 Å². The number of hydrogen-bond acceptors (Lipinski definition) is 4. The van der Waals surface area contributed by atoms with Gasteiger partial charge in [0.15, 0.2) is 0 Å². The Kier molecular flexibility index (Phi) is 2.41. The molecule has 0 atom stereocenters. The highest BCUT2D eigenvalue weighted by Crippen LogP contribution is 2.27. The molecule has 0 bridgehead atoms. The summed E-state index contributed by atoms with van der Waals surface area (Å²) in [6, 6.07) is 0.0480. The summed E-state index contributed by atoms with van der Waals surface area (Å²) in [6.07, 6.45) is 2.84. The molecule has 2 N–H and O–H groups in total. The van der Waals surface area contributed by atoms with Gasteiger partial charge in [0.1, 0.15) is 0 Å². The standard InChI is InChI=1S/C8H12N2O4S/c11-7(9-5-1-2-5)8(12)10-15(13,14)6-3-4-6/h5-6H,1-4H2,(H,9,11)(H,10,12). The predicted molar refractivity (Wildman–Crippen MR) is 51.2 cm³/mol. The SMILES string of the molecule is O=C(NC1CC1)C(=O)NS(=O)(=O)C1CC1. The highest BCUT2D eigenvalue weighted by molar-refractivity contribution is 7.91. The van der Waals surface area contributed by atoms with E-state index in [-0.39, 0.29) is 6.04 Å². The number of sulfonamides is 1. The summed E-state index contributed by atoms with van der Waals surface area (Å²) >= 11 is 0. The van der Waals surface area contributed by atoms with E-state index in [1.807, 2.05) is 0 Å². The number of carbonyl (C=O) groups excluding carboxylic acids is 2. The van der Waals surface area contributed by atoms with E-state index in [1.54, 1.807) is 4.72 Å². The molecule has 84 valence electrons. The average Bonchev–Trinajstić information content (AvgIpc) is 2.98. The molecule has 2 aliphatic carbocycles. The number of rotatable bonds is 3. The van der Waals surface area contributed by atoms with Gasteiger partial charge < -0.3 is 5.32 Å². The van der Waals surface area contributed by atoms with Gasteiger partial charge in [0.25, 0.3) is 0 Å². The second kappa shape index (κ2) is 3.48. The van der Waals surface area contributed by atoms with E-state index < -0.39 is 27.1 Å². The van der Waals surface area contributed by atoms with E-state index in [9.17, 15) is 18.0 Å². The van der Waals surface area contributed by atoms with Crippen molar-refractivity contribution in [3.63, 3.8) is 0 Å². The first kappa shape index (κ1) is 10.4. The lowest BCUT2D eigenvalue weighted by molar-refractivity contribution is -0.138. The maximum atomic E-state index is 11.3. The molecule has 0 spiro atoms. The maximum absolute atomic E-state index is 11.3. The Morgan fingerprint density at radius 3 is 2.07 bits per heavy atom. The molecule has 0 unspecified atom stereocenters. The third-order valence-electron chi connectivity index (χ3n) is 2.32. The molecule has 0 saturated heterocycles. The van der Waals surface area contributed by atoms with Crippen LogP contribution in [0.2, 0.25) is 0 Å². The lowest BCUT2D eigenvalue weighted by Gasteiger charge is -2.05. The zero-order valence-electron chi connectivity index (χ0n) is 8.02. The van der Waals surface area contributed by atoms with Crippen LogP contribution in [0.15, 0.2) is 0 Å². The van der Waals surface area contributed by atoms with Crippen LogP contribution < -0.4 is 10.0 Å². The number of hydrogen-bond donors (Lipinski definition) is 2. The monoisotopic (exact) mass is 232 g/mol. The fraction of sp³-hybridized carbons (Fsp3) is 0.750. The minimum Gasteiger partial charge on any atom is -0.345 e. The van der Waals surface area contributed by atoms with Gasteiger partial charge in [0.2, 0.25) is 10.0 Å². The summed E-state index contributed by atoms with van der Waals surface area (Å²) in [5.74, 6) is -1.93. The van der Waals surface area contributed by atoms with E-state index in [4.69, 9.17) is 0 Å². The molecule has 7 heteroatoms. The van der Waals surface area contributed by atoms with Crippen LogP contribution in [-0.4, -0.2) is 31.5 Å². The van der Waals surface area contributed by atoms with E-state index in [2.05, 4.69) is 5.32 Å². The number of carbonyl (C=O) groups is 2. The molecule has 0 radical (unpaired) electrons. The van der Waals surface area contributed by atoms with E-state index >= 15 is 0 Å². The summed E-state index contributed by atoms with van der Waals surface area (Å²) in [5, 5.41) is 1.93. The molecule has 0 aromatic heterocycles. The molecule has 2 aliphatic rings. The molecule has 15 heavy (non-hydrogen) atoms. The molecule has 6 nitrogen and oxygen atoms in total. The fourth-order valence-electron chi connectivity index (χ4n) is 1.12. The Labute approximate surface area is 87.5 Å². The van der Waals surface area contributed by atoms with E-state index in [0.717, 1.165) is 12.8 Å². The van der Waals surface area contributed by atoms with Gasteiger partial charge in [-0.15, -0.1) is 0 Å². The van der Waals surface area contributed by atoms with Crippen molar-refractivity contribution in [2.75, 3.05) is 0 Å². The van der Waals surface area contributed by atoms with Crippen molar-refractivity contribution in [3.8, 4) is 0 Å². The first-order valence-corrected chi connectivity index (χ1v) is 6.40. The Bertz CT molecular complexity index is 395.